The van der Waals surface area contributed by atoms with Crippen molar-refractivity contribution in [2.45, 2.75) is 0 Å². The smallest absolute Gasteiger partial charge is 0.254 e. The van der Waals surface area contributed by atoms with Gasteiger partial charge < -0.3 is 15.8 Å². The summed E-state index contributed by atoms with van der Waals surface area (Å²) in [5, 5.41) is 11.5. The van der Waals surface area contributed by atoms with E-state index in [0.29, 0.717) is 42.8 Å². The summed E-state index contributed by atoms with van der Waals surface area (Å²) in [5.41, 5.74) is 5.79. The number of carbonyl (C=O) groups excluding carboxylic acids is 1. The van der Waals surface area contributed by atoms with E-state index in [4.69, 9.17) is 10.9 Å². The molecule has 0 bridgehead atoms. The van der Waals surface area contributed by atoms with E-state index < -0.39 is 5.82 Å². The number of nitrogens with two attached hydrogens (primary N) is 1. The lowest BCUT2D eigenvalue weighted by molar-refractivity contribution is 0.0652. The fourth-order valence-corrected chi connectivity index (χ4v) is 2.43. The van der Waals surface area contributed by atoms with E-state index in [-0.39, 0.29) is 11.7 Å². The molecule has 2 rings (SSSR count). The molecule has 1 aliphatic rings. The van der Waals surface area contributed by atoms with E-state index in [9.17, 15) is 9.18 Å². The highest BCUT2D eigenvalue weighted by Gasteiger charge is 2.23. The number of hydrogen-bond donors (Lipinski definition) is 2. The summed E-state index contributed by atoms with van der Waals surface area (Å²) in [6, 6.07) is 4.35. The second kappa shape index (κ2) is 6.86. The molecule has 21 heavy (non-hydrogen) atoms. The Bertz CT molecular complexity index is 559. The lowest BCUT2D eigenvalue weighted by Gasteiger charge is -2.34. The average molecular weight is 359 g/mol. The highest BCUT2D eigenvalue weighted by atomic mass is 79.9. The van der Waals surface area contributed by atoms with Crippen LogP contribution in [0.15, 0.2) is 27.8 Å². The maximum Gasteiger partial charge on any atom is 0.254 e. The Kier molecular flexibility index (Phi) is 5.13. The van der Waals surface area contributed by atoms with Crippen LogP contribution in [0.2, 0.25) is 0 Å². The monoisotopic (exact) mass is 358 g/mol. The highest BCUT2D eigenvalue weighted by Crippen LogP contribution is 2.18. The summed E-state index contributed by atoms with van der Waals surface area (Å²) in [4.78, 5) is 15.9. The van der Waals surface area contributed by atoms with Gasteiger partial charge in [-0.3, -0.25) is 9.69 Å². The fourth-order valence-electron chi connectivity index (χ4n) is 2.18. The van der Waals surface area contributed by atoms with E-state index in [1.54, 1.807) is 11.0 Å². The molecule has 0 unspecified atom stereocenters. The Hall–Kier alpha value is -1.67. The molecule has 3 N–H and O–H groups in total. The maximum atomic E-state index is 13.5. The number of rotatable bonds is 3. The number of amides is 1. The van der Waals surface area contributed by atoms with Gasteiger partial charge in [0.25, 0.3) is 5.91 Å². The van der Waals surface area contributed by atoms with Crippen molar-refractivity contribution in [3.8, 4) is 0 Å². The number of oxime groups is 1. The molecule has 1 amide bonds. The van der Waals surface area contributed by atoms with Crippen molar-refractivity contribution in [1.29, 1.82) is 0 Å². The number of halogens is 2. The van der Waals surface area contributed by atoms with Crippen molar-refractivity contribution in [3.63, 3.8) is 0 Å². The number of carbonyl (C=O) groups is 1. The Morgan fingerprint density at radius 3 is 2.62 bits per heavy atom. The topological polar surface area (TPSA) is 82.2 Å². The first-order valence-electron chi connectivity index (χ1n) is 6.44. The average Bonchev–Trinajstić information content (AvgIpc) is 2.50. The van der Waals surface area contributed by atoms with Crippen LogP contribution in [0.5, 0.6) is 0 Å². The zero-order valence-electron chi connectivity index (χ0n) is 11.3. The van der Waals surface area contributed by atoms with Gasteiger partial charge in [-0.25, -0.2) is 4.39 Å². The molecule has 8 heteroatoms. The summed E-state index contributed by atoms with van der Waals surface area (Å²) in [5.74, 6) is -0.499. The predicted octanol–water partition coefficient (Wildman–Crippen LogP) is 1.09. The Balaban J connectivity index is 1.95. The molecular weight excluding hydrogens is 343 g/mol. The van der Waals surface area contributed by atoms with Gasteiger partial charge in [-0.05, 0) is 34.1 Å². The molecule has 1 heterocycles. The van der Waals surface area contributed by atoms with Gasteiger partial charge in [0.15, 0.2) is 5.84 Å². The molecule has 1 saturated heterocycles. The van der Waals surface area contributed by atoms with E-state index >= 15 is 0 Å². The third-order valence-corrected chi connectivity index (χ3v) is 3.98. The van der Waals surface area contributed by atoms with Gasteiger partial charge in [0, 0.05) is 31.7 Å². The molecule has 114 valence electrons. The van der Waals surface area contributed by atoms with Gasteiger partial charge in [0.1, 0.15) is 5.82 Å². The predicted molar refractivity (Wildman–Crippen MR) is 79.9 cm³/mol. The van der Waals surface area contributed by atoms with Gasteiger partial charge in [0.05, 0.1) is 11.0 Å². The molecule has 0 atom stereocenters. The summed E-state index contributed by atoms with van der Waals surface area (Å²) < 4.78 is 13.8. The zero-order chi connectivity index (χ0) is 15.4. The Morgan fingerprint density at radius 1 is 1.38 bits per heavy atom. The molecule has 1 aromatic carbocycles. The number of piperazine rings is 1. The summed E-state index contributed by atoms with van der Waals surface area (Å²) >= 11 is 3.06. The lowest BCUT2D eigenvalue weighted by Crippen LogP contribution is -2.50. The van der Waals surface area contributed by atoms with Crippen LogP contribution in [0, 0.1) is 5.82 Å². The molecule has 1 fully saturated rings. The van der Waals surface area contributed by atoms with E-state index in [2.05, 4.69) is 21.1 Å². The quantitative estimate of drug-likeness (QED) is 0.366. The van der Waals surface area contributed by atoms with Crippen LogP contribution in [-0.2, 0) is 0 Å². The minimum atomic E-state index is -0.452. The van der Waals surface area contributed by atoms with E-state index in [1.165, 1.54) is 12.1 Å². The normalized spacial score (nSPS) is 17.0. The van der Waals surface area contributed by atoms with E-state index in [1.807, 2.05) is 4.90 Å². The van der Waals surface area contributed by atoms with Crippen molar-refractivity contribution in [2.24, 2.45) is 10.9 Å². The van der Waals surface area contributed by atoms with Crippen molar-refractivity contribution in [2.75, 3.05) is 32.7 Å². The van der Waals surface area contributed by atoms with Gasteiger partial charge in [-0.1, -0.05) is 5.16 Å². The van der Waals surface area contributed by atoms with Crippen LogP contribution >= 0.6 is 15.9 Å². The first-order valence-corrected chi connectivity index (χ1v) is 7.23. The molecular formula is C13H16BrFN4O2. The van der Waals surface area contributed by atoms with Crippen molar-refractivity contribution in [3.05, 3.63) is 34.1 Å². The minimum Gasteiger partial charge on any atom is -0.409 e. The molecule has 0 spiro atoms. The largest absolute Gasteiger partial charge is 0.409 e. The first-order chi connectivity index (χ1) is 10.0. The minimum absolute atomic E-state index is 0.143. The first kappa shape index (κ1) is 15.7. The number of nitrogens with zero attached hydrogens (tertiary/aromatic N) is 3. The fraction of sp³-hybridized carbons (Fsp3) is 0.385. The number of amidine groups is 1. The van der Waals surface area contributed by atoms with Crippen LogP contribution < -0.4 is 5.73 Å². The standard InChI is InChI=1S/C13H16BrFN4O2/c14-10-2-1-9(7-11(10)15)13(20)19-5-3-18(4-6-19)8-12(16)17-21/h1-2,7,21H,3-6,8H2,(H2,16,17). The zero-order valence-corrected chi connectivity index (χ0v) is 12.9. The number of hydrogen-bond acceptors (Lipinski definition) is 4. The van der Waals surface area contributed by atoms with Crippen LogP contribution in [0.1, 0.15) is 10.4 Å². The molecule has 0 radical (unpaired) electrons. The van der Waals surface area contributed by atoms with Crippen LogP contribution in [0.3, 0.4) is 0 Å². The van der Waals surface area contributed by atoms with Crippen molar-refractivity contribution >= 4 is 27.7 Å². The van der Waals surface area contributed by atoms with Gasteiger partial charge in [0.2, 0.25) is 0 Å². The molecule has 6 nitrogen and oxygen atoms in total. The second-order valence-corrected chi connectivity index (χ2v) is 5.64. The molecule has 1 aliphatic heterocycles. The highest BCUT2D eigenvalue weighted by molar-refractivity contribution is 9.10. The molecule has 0 aliphatic carbocycles. The third-order valence-electron chi connectivity index (χ3n) is 3.34. The summed E-state index contributed by atoms with van der Waals surface area (Å²) in [6.45, 7) is 2.66. The number of benzene rings is 1. The molecule has 0 saturated carbocycles. The summed E-state index contributed by atoms with van der Waals surface area (Å²) in [7, 11) is 0. The Labute approximate surface area is 130 Å². The third kappa shape index (κ3) is 3.92. The van der Waals surface area contributed by atoms with Gasteiger partial charge in [-0.2, -0.15) is 0 Å². The lowest BCUT2D eigenvalue weighted by atomic mass is 10.1. The SMILES string of the molecule is NC(CN1CCN(C(=O)c2ccc(Br)c(F)c2)CC1)=NO. The van der Waals surface area contributed by atoms with E-state index in [0.717, 1.165) is 0 Å². The van der Waals surface area contributed by atoms with Crippen molar-refractivity contribution < 1.29 is 14.4 Å². The molecule has 1 aromatic rings. The van der Waals surface area contributed by atoms with Crippen LogP contribution in [0.4, 0.5) is 4.39 Å². The summed E-state index contributed by atoms with van der Waals surface area (Å²) in [6.07, 6.45) is 0. The second-order valence-electron chi connectivity index (χ2n) is 4.79. The van der Waals surface area contributed by atoms with Crippen molar-refractivity contribution in [1.82, 2.24) is 9.80 Å². The van der Waals surface area contributed by atoms with Crippen LogP contribution in [-0.4, -0.2) is 59.5 Å². The van der Waals surface area contributed by atoms with Crippen LogP contribution in [0.25, 0.3) is 0 Å². The van der Waals surface area contributed by atoms with Gasteiger partial charge >= 0.3 is 0 Å². The Morgan fingerprint density at radius 2 is 2.05 bits per heavy atom. The van der Waals surface area contributed by atoms with Gasteiger partial charge in [-0.15, -0.1) is 0 Å². The maximum absolute atomic E-state index is 13.5. The molecule has 0 aromatic heterocycles.